The standard InChI is InChI=1S/C32H44O20/c1-15(33)43-13-23-25(45-17(3)35)27(47-19(5)37)29(49-21(7)39)31(51-23)41-11-9-10-12-42-32-30(50-22(8)40)28(48-20(6)38)26(46-18(4)36)24(52-32)14-44-16(2)34/h9-10,23-32H,11-14H2,1-8H3/b10-9+/t23-,24-,25+,26+,27+,28+,29-,30-,31+,32+/m1/s1. The maximum atomic E-state index is 12.0. The zero-order chi connectivity index (χ0) is 39.1. The SMILES string of the molecule is CC(=O)OC[C@H]1O[C@H](OC/C=C/CO[C@H]2O[C@H](COC(C)=O)[C@H](OC(C)=O)[C@H](OC(C)=O)[C@H]2OC(C)=O)[C@H](OC(C)=O)[C@@H](OC(C)=O)[C@H]1OC(C)=O. The monoisotopic (exact) mass is 748 g/mol. The molecule has 0 amide bonds. The Morgan fingerprint density at radius 3 is 0.942 bits per heavy atom. The Labute approximate surface area is 298 Å². The van der Waals surface area contributed by atoms with Crippen LogP contribution < -0.4 is 0 Å². The van der Waals surface area contributed by atoms with Crippen molar-refractivity contribution >= 4 is 47.8 Å². The molecule has 52 heavy (non-hydrogen) atoms. The summed E-state index contributed by atoms with van der Waals surface area (Å²) in [7, 11) is 0. The first kappa shape index (κ1) is 43.5. The molecule has 10 atom stereocenters. The molecule has 0 N–H and O–H groups in total. The molecular formula is C32H44O20. The number of rotatable bonds is 16. The van der Waals surface area contributed by atoms with Gasteiger partial charge in [-0.05, 0) is 0 Å². The van der Waals surface area contributed by atoms with Crippen LogP contribution in [0, 0.1) is 0 Å². The van der Waals surface area contributed by atoms with E-state index in [4.69, 9.17) is 56.8 Å². The fraction of sp³-hybridized carbons (Fsp3) is 0.688. The Kier molecular flexibility index (Phi) is 17.6. The van der Waals surface area contributed by atoms with E-state index in [1.54, 1.807) is 0 Å². The summed E-state index contributed by atoms with van der Waals surface area (Å²) < 4.78 is 65.4. The minimum Gasteiger partial charge on any atom is -0.463 e. The van der Waals surface area contributed by atoms with E-state index in [1.807, 2.05) is 0 Å². The van der Waals surface area contributed by atoms with Gasteiger partial charge in [-0.3, -0.25) is 38.4 Å². The van der Waals surface area contributed by atoms with Crippen LogP contribution in [0.4, 0.5) is 0 Å². The minimum atomic E-state index is -1.44. The lowest BCUT2D eigenvalue weighted by Gasteiger charge is -2.44. The minimum absolute atomic E-state index is 0.254. The van der Waals surface area contributed by atoms with Gasteiger partial charge >= 0.3 is 47.8 Å². The van der Waals surface area contributed by atoms with Crippen molar-refractivity contribution in [2.24, 2.45) is 0 Å². The summed E-state index contributed by atoms with van der Waals surface area (Å²) in [6, 6.07) is 0. The highest BCUT2D eigenvalue weighted by Gasteiger charge is 2.54. The summed E-state index contributed by atoms with van der Waals surface area (Å²) in [6.07, 6.45) is -10.9. The number of carbonyl (C=O) groups is 8. The summed E-state index contributed by atoms with van der Waals surface area (Å²) in [5, 5.41) is 0. The van der Waals surface area contributed by atoms with Gasteiger partial charge in [0.05, 0.1) is 13.2 Å². The lowest BCUT2D eigenvalue weighted by Crippen LogP contribution is -2.63. The molecule has 0 aromatic rings. The van der Waals surface area contributed by atoms with Crippen LogP contribution in [0.25, 0.3) is 0 Å². The maximum absolute atomic E-state index is 12.0. The molecule has 0 aromatic carbocycles. The third kappa shape index (κ3) is 14.5. The lowest BCUT2D eigenvalue weighted by molar-refractivity contribution is -0.306. The normalized spacial score (nSPS) is 28.5. The Bertz CT molecular complexity index is 1230. The van der Waals surface area contributed by atoms with Crippen LogP contribution in [0.5, 0.6) is 0 Å². The van der Waals surface area contributed by atoms with Crippen molar-refractivity contribution in [3.05, 3.63) is 12.2 Å². The Balaban J connectivity index is 2.27. The first-order valence-electron chi connectivity index (χ1n) is 15.9. The van der Waals surface area contributed by atoms with E-state index in [0.29, 0.717) is 0 Å². The van der Waals surface area contributed by atoms with Crippen molar-refractivity contribution in [3.8, 4) is 0 Å². The summed E-state index contributed by atoms with van der Waals surface area (Å²) in [6.45, 7) is 7.37. The molecule has 0 aromatic heterocycles. The predicted molar refractivity (Wildman–Crippen MR) is 165 cm³/mol. The van der Waals surface area contributed by atoms with Gasteiger partial charge in [-0.25, -0.2) is 0 Å². The molecule has 20 heteroatoms. The van der Waals surface area contributed by atoms with Crippen LogP contribution in [-0.4, -0.2) is 136 Å². The van der Waals surface area contributed by atoms with Crippen molar-refractivity contribution in [1.82, 2.24) is 0 Å². The van der Waals surface area contributed by atoms with Gasteiger partial charge in [0.15, 0.2) is 49.2 Å². The average molecular weight is 749 g/mol. The number of esters is 8. The van der Waals surface area contributed by atoms with Gasteiger partial charge in [-0.15, -0.1) is 0 Å². The van der Waals surface area contributed by atoms with Gasteiger partial charge in [0.25, 0.3) is 0 Å². The quantitative estimate of drug-likeness (QED) is 0.112. The highest BCUT2D eigenvalue weighted by atomic mass is 16.7. The topological polar surface area (TPSA) is 247 Å². The van der Waals surface area contributed by atoms with Crippen molar-refractivity contribution in [2.45, 2.75) is 117 Å². The Morgan fingerprint density at radius 1 is 0.404 bits per heavy atom. The molecule has 0 spiro atoms. The van der Waals surface area contributed by atoms with Gasteiger partial charge < -0.3 is 56.8 Å². The average Bonchev–Trinajstić information content (AvgIpc) is 3.00. The molecule has 0 unspecified atom stereocenters. The van der Waals surface area contributed by atoms with Gasteiger partial charge in [0.1, 0.15) is 25.4 Å². The van der Waals surface area contributed by atoms with Crippen LogP contribution in [0.1, 0.15) is 55.4 Å². The zero-order valence-electron chi connectivity index (χ0n) is 29.9. The van der Waals surface area contributed by atoms with Crippen LogP contribution in [0.15, 0.2) is 12.2 Å². The van der Waals surface area contributed by atoms with Gasteiger partial charge in [-0.1, -0.05) is 12.2 Å². The number of ether oxygens (including phenoxy) is 12. The van der Waals surface area contributed by atoms with E-state index in [0.717, 1.165) is 55.4 Å². The molecule has 2 fully saturated rings. The van der Waals surface area contributed by atoms with Gasteiger partial charge in [-0.2, -0.15) is 0 Å². The molecule has 2 heterocycles. The van der Waals surface area contributed by atoms with Gasteiger partial charge in [0.2, 0.25) is 0 Å². The second-order valence-corrected chi connectivity index (χ2v) is 11.3. The maximum Gasteiger partial charge on any atom is 0.303 e. The van der Waals surface area contributed by atoms with Crippen molar-refractivity contribution in [1.29, 1.82) is 0 Å². The molecule has 20 nitrogen and oxygen atoms in total. The Hall–Kier alpha value is -4.66. The fourth-order valence-electron chi connectivity index (χ4n) is 5.08. The van der Waals surface area contributed by atoms with Gasteiger partial charge in [0, 0.05) is 55.4 Å². The molecule has 0 aliphatic carbocycles. The zero-order valence-corrected chi connectivity index (χ0v) is 29.9. The number of hydrogen-bond donors (Lipinski definition) is 0. The summed E-state index contributed by atoms with van der Waals surface area (Å²) in [5.41, 5.74) is 0. The molecule has 0 saturated carbocycles. The molecule has 0 radical (unpaired) electrons. The summed E-state index contributed by atoms with van der Waals surface area (Å²) in [5.74, 6) is -6.21. The Morgan fingerprint density at radius 2 is 0.673 bits per heavy atom. The second kappa shape index (κ2) is 21.0. The third-order valence-electron chi connectivity index (χ3n) is 6.78. The number of hydrogen-bond acceptors (Lipinski definition) is 20. The molecule has 0 bridgehead atoms. The fourth-order valence-corrected chi connectivity index (χ4v) is 5.08. The highest BCUT2D eigenvalue weighted by molar-refractivity contribution is 5.70. The summed E-state index contributed by atoms with van der Waals surface area (Å²) >= 11 is 0. The van der Waals surface area contributed by atoms with Crippen LogP contribution in [-0.2, 0) is 95.2 Å². The summed E-state index contributed by atoms with van der Waals surface area (Å²) in [4.78, 5) is 95.0. The number of carbonyl (C=O) groups excluding carboxylic acids is 8. The molecule has 2 aliphatic heterocycles. The largest absolute Gasteiger partial charge is 0.463 e. The highest BCUT2D eigenvalue weighted by Crippen LogP contribution is 2.31. The third-order valence-corrected chi connectivity index (χ3v) is 6.78. The smallest absolute Gasteiger partial charge is 0.303 e. The van der Waals surface area contributed by atoms with E-state index in [9.17, 15) is 38.4 Å². The molecule has 292 valence electrons. The van der Waals surface area contributed by atoms with Crippen LogP contribution in [0.3, 0.4) is 0 Å². The predicted octanol–water partition coefficient (Wildman–Crippen LogP) is -0.258. The first-order chi connectivity index (χ1) is 24.4. The molecule has 2 rings (SSSR count). The van der Waals surface area contributed by atoms with E-state index in [2.05, 4.69) is 0 Å². The lowest BCUT2D eigenvalue weighted by atomic mass is 9.98. The first-order valence-corrected chi connectivity index (χ1v) is 15.9. The van der Waals surface area contributed by atoms with Crippen molar-refractivity contribution in [3.63, 3.8) is 0 Å². The van der Waals surface area contributed by atoms with Crippen molar-refractivity contribution in [2.75, 3.05) is 26.4 Å². The molecule has 2 aliphatic rings. The molecular weight excluding hydrogens is 704 g/mol. The van der Waals surface area contributed by atoms with Crippen LogP contribution >= 0.6 is 0 Å². The molecule has 2 saturated heterocycles. The van der Waals surface area contributed by atoms with Crippen molar-refractivity contribution < 1.29 is 95.2 Å². The van der Waals surface area contributed by atoms with E-state index < -0.39 is 122 Å². The van der Waals surface area contributed by atoms with E-state index in [1.165, 1.54) is 12.2 Å². The van der Waals surface area contributed by atoms with E-state index in [-0.39, 0.29) is 13.2 Å². The van der Waals surface area contributed by atoms with Crippen LogP contribution in [0.2, 0.25) is 0 Å². The van der Waals surface area contributed by atoms with E-state index >= 15 is 0 Å². The second-order valence-electron chi connectivity index (χ2n) is 11.3.